The first kappa shape index (κ1) is 28.7. The van der Waals surface area contributed by atoms with Gasteiger partial charge in [-0.15, -0.1) is 0 Å². The molecule has 0 aliphatic carbocycles. The SMILES string of the molecule is CC(C)CC(NC(=O)C(NC(=O)C(N)CC(=O)O)C(C)O)C(=O)NC(CC(N)=O)C(=O)O. The zero-order valence-electron chi connectivity index (χ0n) is 18.0. The molecule has 182 valence electrons. The van der Waals surface area contributed by atoms with Crippen molar-refractivity contribution in [2.24, 2.45) is 17.4 Å². The van der Waals surface area contributed by atoms with Gasteiger partial charge >= 0.3 is 11.9 Å². The molecule has 0 aromatic carbocycles. The highest BCUT2D eigenvalue weighted by Gasteiger charge is 2.33. The summed E-state index contributed by atoms with van der Waals surface area (Å²) in [5.74, 6) is -6.87. The van der Waals surface area contributed by atoms with Gasteiger partial charge in [0.15, 0.2) is 0 Å². The second-order valence-corrected chi connectivity index (χ2v) is 7.69. The number of nitrogens with two attached hydrogens (primary N) is 2. The minimum Gasteiger partial charge on any atom is -0.481 e. The Morgan fingerprint density at radius 1 is 0.812 bits per heavy atom. The number of rotatable bonds is 14. The molecule has 0 spiro atoms. The predicted molar refractivity (Wildman–Crippen MR) is 109 cm³/mol. The number of aliphatic carboxylic acids is 2. The van der Waals surface area contributed by atoms with Crippen LogP contribution in [0.3, 0.4) is 0 Å². The standard InChI is InChI=1S/C18H31N5O9/c1-7(2)4-10(16(29)22-11(18(31)32)6-12(20)25)21-17(30)14(8(3)24)23-15(28)9(19)5-13(26)27/h7-11,14,24H,4-6,19H2,1-3H3,(H2,20,25)(H,21,30)(H,22,29)(H,23,28)(H,26,27)(H,31,32). The molecule has 0 saturated heterocycles. The quantitative estimate of drug-likeness (QED) is 0.127. The van der Waals surface area contributed by atoms with Crippen molar-refractivity contribution in [2.75, 3.05) is 0 Å². The van der Waals surface area contributed by atoms with Gasteiger partial charge in [0, 0.05) is 0 Å². The molecule has 14 heteroatoms. The number of aliphatic hydroxyl groups is 1. The molecule has 0 aromatic rings. The summed E-state index contributed by atoms with van der Waals surface area (Å²) in [6.45, 7) is 4.63. The van der Waals surface area contributed by atoms with Crippen LogP contribution < -0.4 is 27.4 Å². The number of carbonyl (C=O) groups excluding carboxylic acids is 4. The van der Waals surface area contributed by atoms with Crippen LogP contribution in [0.4, 0.5) is 0 Å². The number of carboxylic acids is 2. The lowest BCUT2D eigenvalue weighted by Gasteiger charge is -2.27. The van der Waals surface area contributed by atoms with E-state index < -0.39 is 78.7 Å². The third-order valence-electron chi connectivity index (χ3n) is 4.15. The maximum absolute atomic E-state index is 12.6. The van der Waals surface area contributed by atoms with Gasteiger partial charge in [0.2, 0.25) is 23.6 Å². The Morgan fingerprint density at radius 3 is 1.75 bits per heavy atom. The van der Waals surface area contributed by atoms with Gasteiger partial charge in [0.1, 0.15) is 18.1 Å². The van der Waals surface area contributed by atoms with Gasteiger partial charge in [0.25, 0.3) is 0 Å². The van der Waals surface area contributed by atoms with E-state index in [1.54, 1.807) is 13.8 Å². The Bertz CT molecular complexity index is 726. The van der Waals surface area contributed by atoms with E-state index in [2.05, 4.69) is 16.0 Å². The van der Waals surface area contributed by atoms with Gasteiger partial charge < -0.3 is 42.7 Å². The first-order chi connectivity index (χ1) is 14.6. The number of hydrogen-bond acceptors (Lipinski definition) is 8. The Morgan fingerprint density at radius 2 is 1.34 bits per heavy atom. The van der Waals surface area contributed by atoms with Crippen LogP contribution in [0.25, 0.3) is 0 Å². The molecule has 14 nitrogen and oxygen atoms in total. The lowest BCUT2D eigenvalue weighted by molar-refractivity contribution is -0.144. The minimum atomic E-state index is -1.62. The first-order valence-corrected chi connectivity index (χ1v) is 9.73. The Kier molecular flexibility index (Phi) is 11.9. The van der Waals surface area contributed by atoms with Crippen molar-refractivity contribution < 1.29 is 44.1 Å². The summed E-state index contributed by atoms with van der Waals surface area (Å²) in [4.78, 5) is 70.2. The summed E-state index contributed by atoms with van der Waals surface area (Å²) in [6, 6.07) is -5.96. The van der Waals surface area contributed by atoms with E-state index in [-0.39, 0.29) is 12.3 Å². The van der Waals surface area contributed by atoms with E-state index in [0.29, 0.717) is 0 Å². The van der Waals surface area contributed by atoms with Crippen LogP contribution in [0.15, 0.2) is 0 Å². The molecule has 0 heterocycles. The fraction of sp³-hybridized carbons (Fsp3) is 0.667. The molecule has 5 unspecified atom stereocenters. The van der Waals surface area contributed by atoms with E-state index in [0.717, 1.165) is 0 Å². The number of carbonyl (C=O) groups is 6. The molecule has 0 saturated carbocycles. The summed E-state index contributed by atoms with van der Waals surface area (Å²) in [7, 11) is 0. The summed E-state index contributed by atoms with van der Waals surface area (Å²) in [5.41, 5.74) is 10.4. The highest BCUT2D eigenvalue weighted by Crippen LogP contribution is 2.07. The Balaban J connectivity index is 5.46. The fourth-order valence-corrected chi connectivity index (χ4v) is 2.58. The maximum atomic E-state index is 12.6. The van der Waals surface area contributed by atoms with Crippen molar-refractivity contribution in [3.8, 4) is 0 Å². The third kappa shape index (κ3) is 10.7. The largest absolute Gasteiger partial charge is 0.481 e. The number of hydrogen-bond donors (Lipinski definition) is 8. The van der Waals surface area contributed by atoms with Crippen LogP contribution in [0.2, 0.25) is 0 Å². The van der Waals surface area contributed by atoms with Crippen LogP contribution in [0.1, 0.15) is 40.0 Å². The topological polar surface area (TPSA) is 251 Å². The summed E-state index contributed by atoms with van der Waals surface area (Å²) >= 11 is 0. The number of primary amides is 1. The van der Waals surface area contributed by atoms with E-state index >= 15 is 0 Å². The molecule has 5 atom stereocenters. The van der Waals surface area contributed by atoms with E-state index in [1.807, 2.05) is 0 Å². The predicted octanol–water partition coefficient (Wildman–Crippen LogP) is -3.37. The van der Waals surface area contributed by atoms with Crippen LogP contribution in [0, 0.1) is 5.92 Å². The second kappa shape index (κ2) is 13.2. The van der Waals surface area contributed by atoms with Gasteiger partial charge in [-0.25, -0.2) is 4.79 Å². The molecule has 4 amide bonds. The molecule has 32 heavy (non-hydrogen) atoms. The number of amides is 4. The summed E-state index contributed by atoms with van der Waals surface area (Å²) < 4.78 is 0. The van der Waals surface area contributed by atoms with Crippen molar-refractivity contribution in [1.29, 1.82) is 0 Å². The summed E-state index contributed by atoms with van der Waals surface area (Å²) in [6.07, 6.45) is -2.77. The van der Waals surface area contributed by atoms with Crippen LogP contribution in [0.5, 0.6) is 0 Å². The number of carboxylic acid groups (broad SMARTS) is 2. The maximum Gasteiger partial charge on any atom is 0.326 e. The van der Waals surface area contributed by atoms with Gasteiger partial charge in [-0.3, -0.25) is 24.0 Å². The van der Waals surface area contributed by atoms with E-state index in [4.69, 9.17) is 21.7 Å². The van der Waals surface area contributed by atoms with E-state index in [9.17, 15) is 33.9 Å². The molecule has 0 radical (unpaired) electrons. The van der Waals surface area contributed by atoms with Crippen LogP contribution in [-0.2, 0) is 28.8 Å². The first-order valence-electron chi connectivity index (χ1n) is 9.73. The molecule has 0 fully saturated rings. The lowest BCUT2D eigenvalue weighted by atomic mass is 10.0. The zero-order valence-corrected chi connectivity index (χ0v) is 18.0. The molecule has 0 aliphatic rings. The number of aliphatic hydroxyl groups excluding tert-OH is 1. The zero-order chi connectivity index (χ0) is 25.2. The van der Waals surface area contributed by atoms with Crippen LogP contribution in [-0.4, -0.2) is 81.2 Å². The number of nitrogens with one attached hydrogen (secondary N) is 3. The minimum absolute atomic E-state index is 0.0550. The molecular weight excluding hydrogens is 430 g/mol. The summed E-state index contributed by atoms with van der Waals surface area (Å²) in [5, 5.41) is 34.3. The van der Waals surface area contributed by atoms with E-state index in [1.165, 1.54) is 6.92 Å². The fourth-order valence-electron chi connectivity index (χ4n) is 2.58. The van der Waals surface area contributed by atoms with Gasteiger partial charge in [0.05, 0.1) is 25.0 Å². The Labute approximate surface area is 184 Å². The molecule has 10 N–H and O–H groups in total. The molecule has 0 rings (SSSR count). The van der Waals surface area contributed by atoms with Gasteiger partial charge in [-0.1, -0.05) is 13.8 Å². The van der Waals surface area contributed by atoms with Crippen molar-refractivity contribution in [1.82, 2.24) is 16.0 Å². The average Bonchev–Trinajstić information content (AvgIpc) is 2.62. The smallest absolute Gasteiger partial charge is 0.326 e. The monoisotopic (exact) mass is 461 g/mol. The van der Waals surface area contributed by atoms with Crippen molar-refractivity contribution in [3.63, 3.8) is 0 Å². The van der Waals surface area contributed by atoms with Crippen molar-refractivity contribution in [3.05, 3.63) is 0 Å². The molecule has 0 aromatic heterocycles. The second-order valence-electron chi connectivity index (χ2n) is 7.69. The third-order valence-corrected chi connectivity index (χ3v) is 4.15. The highest BCUT2D eigenvalue weighted by atomic mass is 16.4. The highest BCUT2D eigenvalue weighted by molar-refractivity contribution is 5.95. The normalized spacial score (nSPS) is 15.6. The van der Waals surface area contributed by atoms with Crippen LogP contribution >= 0.6 is 0 Å². The van der Waals surface area contributed by atoms with Crippen molar-refractivity contribution >= 4 is 35.6 Å². The molecular formula is C18H31N5O9. The lowest BCUT2D eigenvalue weighted by Crippen LogP contribution is -2.60. The molecule has 0 aliphatic heterocycles. The Hall–Kier alpha value is -3.26. The van der Waals surface area contributed by atoms with Gasteiger partial charge in [-0.05, 0) is 19.3 Å². The average molecular weight is 461 g/mol. The van der Waals surface area contributed by atoms with Crippen molar-refractivity contribution in [2.45, 2.75) is 70.3 Å². The molecule has 0 bridgehead atoms. The van der Waals surface area contributed by atoms with Gasteiger partial charge in [-0.2, -0.15) is 0 Å².